The fourth-order valence-corrected chi connectivity index (χ4v) is 2.08. The van der Waals surface area contributed by atoms with Gasteiger partial charge >= 0.3 is 0 Å². The molecule has 0 saturated carbocycles. The van der Waals surface area contributed by atoms with Crippen LogP contribution >= 0.6 is 0 Å². The first kappa shape index (κ1) is 25.1. The molecule has 0 atom stereocenters. The minimum absolute atomic E-state index is 0.0957. The Morgan fingerprint density at radius 1 is 0.652 bits per heavy atom. The van der Waals surface area contributed by atoms with Crippen molar-refractivity contribution in [3.63, 3.8) is 0 Å². The molecule has 0 bridgehead atoms. The Morgan fingerprint density at radius 2 is 1.04 bits per heavy atom. The molecule has 0 spiro atoms. The second-order valence-corrected chi connectivity index (χ2v) is 6.22. The molecule has 4 nitrogen and oxygen atoms in total. The third kappa shape index (κ3) is 34.3. The minimum atomic E-state index is -0.167. The molecule has 0 saturated heterocycles. The van der Waals surface area contributed by atoms with E-state index in [1.807, 2.05) is 0 Å². The number of aliphatic hydroxyl groups is 2. The van der Waals surface area contributed by atoms with Gasteiger partial charge in [0.15, 0.2) is 0 Å². The maximum absolute atomic E-state index is 8.50. The molecule has 2 N–H and O–H groups in total. The highest BCUT2D eigenvalue weighted by Crippen LogP contribution is 2.10. The fourth-order valence-electron chi connectivity index (χ4n) is 2.08. The van der Waals surface area contributed by atoms with Gasteiger partial charge in [-0.1, -0.05) is 64.7 Å². The van der Waals surface area contributed by atoms with Crippen LogP contribution in [0, 0.1) is 0 Å². The number of unbranched alkanes of at least 4 members (excludes halogenated alkanes) is 9. The van der Waals surface area contributed by atoms with Crippen LogP contribution in [0.4, 0.5) is 0 Å². The summed E-state index contributed by atoms with van der Waals surface area (Å²) in [4.78, 5) is 0. The van der Waals surface area contributed by atoms with E-state index in [2.05, 4.69) is 6.92 Å². The van der Waals surface area contributed by atoms with Crippen molar-refractivity contribution in [2.75, 3.05) is 33.0 Å². The molecular formula is C19H42O4. The van der Waals surface area contributed by atoms with E-state index < -0.39 is 0 Å². The summed E-state index contributed by atoms with van der Waals surface area (Å²) in [6, 6.07) is 0. The largest absolute Gasteiger partial charge is 0.394 e. The molecular weight excluding hydrogens is 292 g/mol. The van der Waals surface area contributed by atoms with Crippen molar-refractivity contribution in [1.82, 2.24) is 0 Å². The molecule has 0 aromatic rings. The monoisotopic (exact) mass is 334 g/mol. The number of rotatable bonds is 16. The Balaban J connectivity index is 0. The van der Waals surface area contributed by atoms with Crippen molar-refractivity contribution in [1.29, 1.82) is 0 Å². The van der Waals surface area contributed by atoms with Gasteiger partial charge in [0.05, 0.1) is 26.4 Å². The molecule has 0 aliphatic heterocycles. The Kier molecular flexibility index (Phi) is 26.3. The number of ether oxygens (including phenoxy) is 2. The van der Waals surface area contributed by atoms with Crippen LogP contribution in [0.3, 0.4) is 0 Å². The quantitative estimate of drug-likeness (QED) is 0.413. The average molecular weight is 335 g/mol. The smallest absolute Gasteiger partial charge is 0.0701 e. The second kappa shape index (κ2) is 24.1. The molecule has 23 heavy (non-hydrogen) atoms. The van der Waals surface area contributed by atoms with Crippen LogP contribution in [0.15, 0.2) is 0 Å². The average Bonchev–Trinajstić information content (AvgIpc) is 2.50. The van der Waals surface area contributed by atoms with Gasteiger partial charge in [-0.2, -0.15) is 0 Å². The molecule has 0 unspecified atom stereocenters. The number of aliphatic hydroxyl groups excluding tert-OH is 2. The Morgan fingerprint density at radius 3 is 1.48 bits per heavy atom. The van der Waals surface area contributed by atoms with Gasteiger partial charge in [-0.15, -0.1) is 0 Å². The van der Waals surface area contributed by atoms with Gasteiger partial charge in [-0.3, -0.25) is 0 Å². The lowest BCUT2D eigenvalue weighted by Crippen LogP contribution is -2.07. The molecule has 0 aromatic heterocycles. The molecule has 0 fully saturated rings. The molecule has 0 rings (SSSR count). The van der Waals surface area contributed by atoms with Gasteiger partial charge in [0.2, 0.25) is 0 Å². The van der Waals surface area contributed by atoms with Gasteiger partial charge in [0.25, 0.3) is 0 Å². The fraction of sp³-hybridized carbons (Fsp3) is 1.00. The van der Waals surface area contributed by atoms with Crippen molar-refractivity contribution in [2.24, 2.45) is 0 Å². The van der Waals surface area contributed by atoms with E-state index in [9.17, 15) is 0 Å². The molecule has 0 aliphatic rings. The zero-order valence-corrected chi connectivity index (χ0v) is 15.9. The molecule has 142 valence electrons. The SMILES string of the molecule is CC(C)O.CCCCCCCCCCCCOCCOCCO. The lowest BCUT2D eigenvalue weighted by molar-refractivity contribution is 0.0321. The lowest BCUT2D eigenvalue weighted by atomic mass is 10.1. The summed E-state index contributed by atoms with van der Waals surface area (Å²) >= 11 is 0. The van der Waals surface area contributed by atoms with Crippen molar-refractivity contribution >= 4 is 0 Å². The summed E-state index contributed by atoms with van der Waals surface area (Å²) in [6.07, 6.45) is 13.4. The van der Waals surface area contributed by atoms with E-state index in [1.165, 1.54) is 57.8 Å². The standard InChI is InChI=1S/C16H34O3.C3H8O/c1-2-3-4-5-6-7-8-9-10-11-13-18-15-16-19-14-12-17;1-3(2)4/h17H,2-16H2,1H3;3-4H,1-2H3. The van der Waals surface area contributed by atoms with Crippen LogP contribution in [-0.4, -0.2) is 49.4 Å². The summed E-state index contributed by atoms with van der Waals surface area (Å²) in [7, 11) is 0. The highest BCUT2D eigenvalue weighted by Gasteiger charge is 1.93. The Hall–Kier alpha value is -0.160. The van der Waals surface area contributed by atoms with Crippen LogP contribution in [0.2, 0.25) is 0 Å². The predicted octanol–water partition coefficient (Wildman–Crippen LogP) is 4.32. The van der Waals surface area contributed by atoms with Crippen molar-refractivity contribution < 1.29 is 19.7 Å². The molecule has 0 radical (unpaired) electrons. The van der Waals surface area contributed by atoms with Crippen LogP contribution in [0.1, 0.15) is 85.0 Å². The Labute approximate surface area is 144 Å². The van der Waals surface area contributed by atoms with E-state index in [4.69, 9.17) is 19.7 Å². The maximum atomic E-state index is 8.50. The lowest BCUT2D eigenvalue weighted by Gasteiger charge is -2.05. The van der Waals surface area contributed by atoms with Crippen LogP contribution in [0.5, 0.6) is 0 Å². The third-order valence-electron chi connectivity index (χ3n) is 3.25. The highest BCUT2D eigenvalue weighted by atomic mass is 16.5. The van der Waals surface area contributed by atoms with E-state index in [0.717, 1.165) is 13.0 Å². The van der Waals surface area contributed by atoms with Crippen molar-refractivity contribution in [3.8, 4) is 0 Å². The van der Waals surface area contributed by atoms with Crippen LogP contribution in [-0.2, 0) is 9.47 Å². The second-order valence-electron chi connectivity index (χ2n) is 6.22. The van der Waals surface area contributed by atoms with E-state index in [0.29, 0.717) is 19.8 Å². The summed E-state index contributed by atoms with van der Waals surface area (Å²) < 4.78 is 10.6. The van der Waals surface area contributed by atoms with Crippen molar-refractivity contribution in [3.05, 3.63) is 0 Å². The van der Waals surface area contributed by atoms with Gasteiger partial charge < -0.3 is 19.7 Å². The number of hydrogen-bond acceptors (Lipinski definition) is 4. The van der Waals surface area contributed by atoms with Crippen LogP contribution < -0.4 is 0 Å². The zero-order chi connectivity index (χ0) is 17.6. The Bertz CT molecular complexity index is 167. The maximum Gasteiger partial charge on any atom is 0.0701 e. The predicted molar refractivity (Wildman–Crippen MR) is 97.9 cm³/mol. The summed E-state index contributed by atoms with van der Waals surface area (Å²) in [6.45, 7) is 8.32. The summed E-state index contributed by atoms with van der Waals surface area (Å²) in [5.41, 5.74) is 0. The molecule has 0 aromatic carbocycles. The molecule has 0 aliphatic carbocycles. The third-order valence-corrected chi connectivity index (χ3v) is 3.25. The minimum Gasteiger partial charge on any atom is -0.394 e. The van der Waals surface area contributed by atoms with Gasteiger partial charge in [-0.25, -0.2) is 0 Å². The normalized spacial score (nSPS) is 10.7. The van der Waals surface area contributed by atoms with Gasteiger partial charge in [0.1, 0.15) is 0 Å². The van der Waals surface area contributed by atoms with E-state index >= 15 is 0 Å². The highest BCUT2D eigenvalue weighted by molar-refractivity contribution is 4.47. The van der Waals surface area contributed by atoms with Gasteiger partial charge in [-0.05, 0) is 20.3 Å². The summed E-state index contributed by atoms with van der Waals surface area (Å²) in [5, 5.41) is 16.6. The van der Waals surface area contributed by atoms with E-state index in [-0.39, 0.29) is 12.7 Å². The molecule has 0 amide bonds. The van der Waals surface area contributed by atoms with Gasteiger partial charge in [0, 0.05) is 12.7 Å². The molecule has 0 heterocycles. The van der Waals surface area contributed by atoms with Crippen LogP contribution in [0.25, 0.3) is 0 Å². The zero-order valence-electron chi connectivity index (χ0n) is 15.9. The number of hydrogen-bond donors (Lipinski definition) is 2. The first-order chi connectivity index (χ1) is 11.1. The topological polar surface area (TPSA) is 58.9 Å². The summed E-state index contributed by atoms with van der Waals surface area (Å²) in [5.74, 6) is 0. The first-order valence-electron chi connectivity index (χ1n) is 9.59. The molecule has 4 heteroatoms. The van der Waals surface area contributed by atoms with E-state index in [1.54, 1.807) is 13.8 Å². The first-order valence-corrected chi connectivity index (χ1v) is 9.59. The van der Waals surface area contributed by atoms with Crippen molar-refractivity contribution in [2.45, 2.75) is 91.1 Å².